The second-order valence-corrected chi connectivity index (χ2v) is 5.97. The molecule has 2 N–H and O–H groups in total. The van der Waals surface area contributed by atoms with Crippen LogP contribution in [0.2, 0.25) is 0 Å². The number of hydrogen-bond donors (Lipinski definition) is 2. The fraction of sp³-hybridized carbons (Fsp3) is 0.333. The number of para-hydroxylation sites is 1. The monoisotopic (exact) mass is 328 g/mol. The van der Waals surface area contributed by atoms with Crippen molar-refractivity contribution in [1.29, 1.82) is 0 Å². The normalized spacial score (nSPS) is 14.2. The number of allylic oxidation sites excluding steroid dienone is 2. The molecule has 24 heavy (non-hydrogen) atoms. The molecular formula is C18H21FN4O. The van der Waals surface area contributed by atoms with Crippen molar-refractivity contribution >= 4 is 23.1 Å². The summed E-state index contributed by atoms with van der Waals surface area (Å²) < 4.78 is 15.3. The lowest BCUT2D eigenvalue weighted by Crippen LogP contribution is -2.22. The third-order valence-corrected chi connectivity index (χ3v) is 4.19. The van der Waals surface area contributed by atoms with Gasteiger partial charge in [-0.05, 0) is 50.3 Å². The molecule has 126 valence electrons. The average molecular weight is 328 g/mol. The first-order valence-corrected chi connectivity index (χ1v) is 8.12. The van der Waals surface area contributed by atoms with Crippen LogP contribution in [-0.4, -0.2) is 15.8 Å². The quantitative estimate of drug-likeness (QED) is 0.873. The molecule has 1 aromatic carbocycles. The summed E-state index contributed by atoms with van der Waals surface area (Å²) in [7, 11) is 1.79. The highest BCUT2D eigenvalue weighted by Crippen LogP contribution is 2.33. The minimum atomic E-state index is -0.485. The number of nitrogens with one attached hydrogen (secondary N) is 2. The van der Waals surface area contributed by atoms with E-state index in [-0.39, 0.29) is 5.69 Å². The Morgan fingerprint density at radius 1 is 1.25 bits per heavy atom. The van der Waals surface area contributed by atoms with E-state index in [2.05, 4.69) is 21.8 Å². The summed E-state index contributed by atoms with van der Waals surface area (Å²) in [5, 5.41) is 9.78. The highest BCUT2D eigenvalue weighted by molar-refractivity contribution is 6.01. The van der Waals surface area contributed by atoms with E-state index in [1.54, 1.807) is 23.9 Å². The van der Waals surface area contributed by atoms with E-state index in [0.29, 0.717) is 5.82 Å². The Bertz CT molecular complexity index is 794. The predicted octanol–water partition coefficient (Wildman–Crippen LogP) is 4.47. The molecule has 2 amide bonds. The number of rotatable bonds is 3. The van der Waals surface area contributed by atoms with E-state index in [4.69, 9.17) is 0 Å². The molecule has 0 fully saturated rings. The van der Waals surface area contributed by atoms with Gasteiger partial charge in [0, 0.05) is 12.6 Å². The maximum Gasteiger partial charge on any atom is 0.324 e. The number of aryl methyl sites for hydroxylation is 2. The molecule has 0 unspecified atom stereocenters. The number of carbonyl (C=O) groups is 1. The van der Waals surface area contributed by atoms with Crippen molar-refractivity contribution in [3.8, 4) is 0 Å². The van der Waals surface area contributed by atoms with E-state index >= 15 is 0 Å². The van der Waals surface area contributed by atoms with Gasteiger partial charge in [0.25, 0.3) is 0 Å². The lowest BCUT2D eigenvalue weighted by atomic mass is 9.93. The summed E-state index contributed by atoms with van der Waals surface area (Å²) in [6.07, 6.45) is 6.58. The van der Waals surface area contributed by atoms with Gasteiger partial charge in [-0.15, -0.1) is 0 Å². The Labute approximate surface area is 140 Å². The number of halogens is 1. The van der Waals surface area contributed by atoms with Crippen LogP contribution in [0.5, 0.6) is 0 Å². The van der Waals surface area contributed by atoms with E-state index in [1.165, 1.54) is 24.1 Å². The van der Waals surface area contributed by atoms with Crippen molar-refractivity contribution in [2.24, 2.45) is 7.05 Å². The zero-order valence-electron chi connectivity index (χ0n) is 13.9. The molecule has 0 aliphatic heterocycles. The molecule has 5 nitrogen and oxygen atoms in total. The van der Waals surface area contributed by atoms with Gasteiger partial charge in [-0.1, -0.05) is 18.2 Å². The molecule has 3 rings (SSSR count). The average Bonchev–Trinajstić information content (AvgIpc) is 2.84. The molecule has 0 bridgehead atoms. The summed E-state index contributed by atoms with van der Waals surface area (Å²) in [6.45, 7) is 1.94. The molecule has 0 saturated carbocycles. The SMILES string of the molecule is Cc1nn(C)c(NC(=O)Nc2ccccc2F)c1C1=CCCCC1. The number of urea groups is 1. The van der Waals surface area contributed by atoms with Crippen LogP contribution in [0, 0.1) is 12.7 Å². The lowest BCUT2D eigenvalue weighted by molar-refractivity contribution is 0.262. The van der Waals surface area contributed by atoms with Gasteiger partial charge < -0.3 is 5.32 Å². The molecule has 2 aromatic rings. The molecule has 0 atom stereocenters. The van der Waals surface area contributed by atoms with Crippen LogP contribution in [0.1, 0.15) is 36.9 Å². The van der Waals surface area contributed by atoms with Gasteiger partial charge in [-0.25, -0.2) is 9.18 Å². The largest absolute Gasteiger partial charge is 0.324 e. The summed E-state index contributed by atoms with van der Waals surface area (Å²) in [4.78, 5) is 12.3. The summed E-state index contributed by atoms with van der Waals surface area (Å²) in [6, 6.07) is 5.60. The van der Waals surface area contributed by atoms with E-state index in [1.807, 2.05) is 6.92 Å². The second kappa shape index (κ2) is 6.86. The second-order valence-electron chi connectivity index (χ2n) is 5.97. The van der Waals surface area contributed by atoms with Crippen molar-refractivity contribution < 1.29 is 9.18 Å². The van der Waals surface area contributed by atoms with Gasteiger partial charge >= 0.3 is 6.03 Å². The Hall–Kier alpha value is -2.63. The Balaban J connectivity index is 1.83. The molecule has 1 heterocycles. The third kappa shape index (κ3) is 3.32. The fourth-order valence-electron chi connectivity index (χ4n) is 3.07. The number of carbonyl (C=O) groups excluding carboxylic acids is 1. The first kappa shape index (κ1) is 16.2. The van der Waals surface area contributed by atoms with Crippen LogP contribution < -0.4 is 10.6 Å². The minimum Gasteiger partial charge on any atom is -0.305 e. The molecule has 0 radical (unpaired) electrons. The number of benzene rings is 1. The first-order valence-electron chi connectivity index (χ1n) is 8.12. The van der Waals surface area contributed by atoms with Gasteiger partial charge in [0.15, 0.2) is 0 Å². The number of nitrogens with zero attached hydrogens (tertiary/aromatic N) is 2. The van der Waals surface area contributed by atoms with Crippen molar-refractivity contribution in [2.75, 3.05) is 10.6 Å². The van der Waals surface area contributed by atoms with Crippen LogP contribution in [0.15, 0.2) is 30.3 Å². The van der Waals surface area contributed by atoms with E-state index in [0.717, 1.165) is 30.5 Å². The maximum absolute atomic E-state index is 13.7. The number of hydrogen-bond acceptors (Lipinski definition) is 2. The van der Waals surface area contributed by atoms with E-state index in [9.17, 15) is 9.18 Å². The van der Waals surface area contributed by atoms with Crippen LogP contribution >= 0.6 is 0 Å². The summed E-state index contributed by atoms with van der Waals surface area (Å²) in [5.74, 6) is 0.165. The number of aromatic nitrogens is 2. The molecule has 6 heteroatoms. The lowest BCUT2D eigenvalue weighted by Gasteiger charge is -2.15. The van der Waals surface area contributed by atoms with Crippen LogP contribution in [-0.2, 0) is 7.05 Å². The molecule has 0 saturated heterocycles. The van der Waals surface area contributed by atoms with Gasteiger partial charge in [0.05, 0.1) is 11.4 Å². The van der Waals surface area contributed by atoms with E-state index < -0.39 is 11.8 Å². The standard InChI is InChI=1S/C18H21FN4O/c1-12-16(13-8-4-3-5-9-13)17(23(2)22-12)21-18(24)20-15-11-7-6-10-14(15)19/h6-8,10-11H,3-5,9H2,1-2H3,(H2,20,21,24). The summed E-state index contributed by atoms with van der Waals surface area (Å²) >= 11 is 0. The van der Waals surface area contributed by atoms with Crippen molar-refractivity contribution in [3.05, 3.63) is 47.4 Å². The Morgan fingerprint density at radius 2 is 2.04 bits per heavy atom. The fourth-order valence-corrected chi connectivity index (χ4v) is 3.07. The highest BCUT2D eigenvalue weighted by Gasteiger charge is 2.20. The predicted molar refractivity (Wildman–Crippen MR) is 93.4 cm³/mol. The molecule has 0 spiro atoms. The van der Waals surface area contributed by atoms with Crippen LogP contribution in [0.3, 0.4) is 0 Å². The van der Waals surface area contributed by atoms with Gasteiger partial charge in [0.1, 0.15) is 11.6 Å². The first-order chi connectivity index (χ1) is 11.6. The van der Waals surface area contributed by atoms with Crippen molar-refractivity contribution in [2.45, 2.75) is 32.6 Å². The van der Waals surface area contributed by atoms with Gasteiger partial charge in [-0.2, -0.15) is 5.10 Å². The number of amides is 2. The zero-order chi connectivity index (χ0) is 17.1. The number of anilines is 2. The van der Waals surface area contributed by atoms with Crippen LogP contribution in [0.4, 0.5) is 20.7 Å². The Kier molecular flexibility index (Phi) is 4.64. The van der Waals surface area contributed by atoms with Crippen molar-refractivity contribution in [3.63, 3.8) is 0 Å². The molecule has 1 aliphatic rings. The molecule has 1 aromatic heterocycles. The summed E-state index contributed by atoms with van der Waals surface area (Å²) in [5.41, 5.74) is 3.22. The maximum atomic E-state index is 13.7. The highest BCUT2D eigenvalue weighted by atomic mass is 19.1. The van der Waals surface area contributed by atoms with Crippen LogP contribution in [0.25, 0.3) is 5.57 Å². The molecular weight excluding hydrogens is 307 g/mol. The third-order valence-electron chi connectivity index (χ3n) is 4.19. The van der Waals surface area contributed by atoms with Gasteiger partial charge in [0.2, 0.25) is 0 Å². The zero-order valence-corrected chi connectivity index (χ0v) is 13.9. The minimum absolute atomic E-state index is 0.146. The Morgan fingerprint density at radius 3 is 2.75 bits per heavy atom. The topological polar surface area (TPSA) is 59.0 Å². The van der Waals surface area contributed by atoms with Gasteiger partial charge in [-0.3, -0.25) is 10.00 Å². The molecule has 1 aliphatic carbocycles. The smallest absolute Gasteiger partial charge is 0.305 e. The van der Waals surface area contributed by atoms with Crippen molar-refractivity contribution in [1.82, 2.24) is 9.78 Å².